The molecule has 2 N–H and O–H groups in total. The van der Waals surface area contributed by atoms with E-state index in [0.717, 1.165) is 73.1 Å². The van der Waals surface area contributed by atoms with Gasteiger partial charge in [-0.1, -0.05) is 0 Å². The van der Waals surface area contributed by atoms with Crippen molar-refractivity contribution in [2.75, 3.05) is 26.7 Å². The average molecular weight is 493 g/mol. The van der Waals surface area contributed by atoms with E-state index >= 15 is 0 Å². The molecule has 0 unspecified atom stereocenters. The van der Waals surface area contributed by atoms with Crippen LogP contribution in [0.4, 0.5) is 0 Å². The average Bonchev–Trinajstić information content (AvgIpc) is 2.91. The number of aryl methyl sites for hydroxylation is 1. The minimum Gasteiger partial charge on any atom is -0.497 e. The van der Waals surface area contributed by atoms with Crippen molar-refractivity contribution in [2.24, 2.45) is 11.8 Å². The Kier molecular flexibility index (Phi) is 9.19. The first-order valence-corrected chi connectivity index (χ1v) is 12.8. The number of aliphatic hydroxyl groups is 1. The first kappa shape index (κ1) is 26.0. The molecule has 192 valence electrons. The van der Waals surface area contributed by atoms with Crippen LogP contribution in [-0.2, 0) is 11.2 Å². The van der Waals surface area contributed by atoms with Crippen LogP contribution in [0.5, 0.6) is 5.75 Å². The largest absolute Gasteiger partial charge is 0.497 e. The highest BCUT2D eigenvalue weighted by molar-refractivity contribution is 5.83. The van der Waals surface area contributed by atoms with Crippen LogP contribution in [-0.4, -0.2) is 62.8 Å². The van der Waals surface area contributed by atoms with E-state index in [9.17, 15) is 15.0 Å². The van der Waals surface area contributed by atoms with Crippen LogP contribution in [0.2, 0.25) is 0 Å². The van der Waals surface area contributed by atoms with Gasteiger partial charge in [-0.3, -0.25) is 9.78 Å². The predicted octanol–water partition coefficient (Wildman–Crippen LogP) is 4.28. The Morgan fingerprint density at radius 1 is 1.19 bits per heavy atom. The number of carboxylic acids is 1. The number of hydrogen-bond acceptors (Lipinski definition) is 7. The normalized spacial score (nSPS) is 19.3. The number of benzene rings is 1. The third kappa shape index (κ3) is 6.98. The van der Waals surface area contributed by atoms with E-state index in [0.29, 0.717) is 24.7 Å². The Morgan fingerprint density at radius 3 is 2.81 bits per heavy atom. The third-order valence-corrected chi connectivity index (χ3v) is 7.41. The summed E-state index contributed by atoms with van der Waals surface area (Å²) in [5, 5.41) is 21.3. The molecule has 3 heterocycles. The molecule has 2 aromatic heterocycles. The van der Waals surface area contributed by atoms with E-state index in [2.05, 4.69) is 19.9 Å². The van der Waals surface area contributed by atoms with E-state index in [1.807, 2.05) is 36.7 Å². The Hall–Kier alpha value is -3.10. The van der Waals surface area contributed by atoms with Gasteiger partial charge in [-0.2, -0.15) is 0 Å². The van der Waals surface area contributed by atoms with Crippen LogP contribution in [0.1, 0.15) is 55.8 Å². The van der Waals surface area contributed by atoms with Gasteiger partial charge in [0.15, 0.2) is 0 Å². The number of aliphatic carboxylic acids is 1. The Bertz CT molecular complexity index is 1130. The molecule has 0 amide bonds. The lowest BCUT2D eigenvalue weighted by atomic mass is 9.79. The minimum absolute atomic E-state index is 0.188. The summed E-state index contributed by atoms with van der Waals surface area (Å²) < 4.78 is 5.37. The van der Waals surface area contributed by atoms with Crippen molar-refractivity contribution in [3.63, 3.8) is 0 Å². The molecule has 3 aromatic rings. The zero-order chi connectivity index (χ0) is 25.3. The Labute approximate surface area is 212 Å². The number of piperidine rings is 1. The van der Waals surface area contributed by atoms with Crippen LogP contribution >= 0.6 is 0 Å². The fourth-order valence-electron chi connectivity index (χ4n) is 5.43. The van der Waals surface area contributed by atoms with E-state index in [1.165, 1.54) is 0 Å². The van der Waals surface area contributed by atoms with E-state index in [4.69, 9.17) is 4.74 Å². The SMILES string of the molecule is COc1ccc2nccc([C@H](O)CC[C@@H]3CCN(CCCc4cncnc4)C[C@H]3CCC(=O)O)c2c1. The maximum Gasteiger partial charge on any atom is 0.303 e. The summed E-state index contributed by atoms with van der Waals surface area (Å²) in [6, 6.07) is 7.60. The number of pyridine rings is 1. The molecular weight excluding hydrogens is 456 g/mol. The van der Waals surface area contributed by atoms with Crippen molar-refractivity contribution < 1.29 is 19.7 Å². The number of fused-ring (bicyclic) bond motifs is 1. The second-order valence-electron chi connectivity index (χ2n) is 9.77. The van der Waals surface area contributed by atoms with E-state index in [-0.39, 0.29) is 6.42 Å². The summed E-state index contributed by atoms with van der Waals surface area (Å²) in [5.41, 5.74) is 2.84. The van der Waals surface area contributed by atoms with Crippen LogP contribution in [0.3, 0.4) is 0 Å². The number of likely N-dealkylation sites (tertiary alicyclic amines) is 1. The van der Waals surface area contributed by atoms with Crippen molar-refractivity contribution in [1.29, 1.82) is 0 Å². The lowest BCUT2D eigenvalue weighted by molar-refractivity contribution is -0.137. The summed E-state index contributed by atoms with van der Waals surface area (Å²) in [4.78, 5) is 26.4. The maximum absolute atomic E-state index is 11.3. The number of methoxy groups -OCH3 is 1. The van der Waals surface area contributed by atoms with Gasteiger partial charge in [-0.15, -0.1) is 0 Å². The third-order valence-electron chi connectivity index (χ3n) is 7.41. The van der Waals surface area contributed by atoms with E-state index in [1.54, 1.807) is 19.6 Å². The standard InChI is InChI=1S/C28H36N4O4/c1-36-23-6-7-26-25(15-23)24(10-12-31-26)27(33)8-4-21-11-14-32(18-22(21)5-9-28(34)35)13-2-3-20-16-29-19-30-17-20/h6-7,10,12,15-17,19,21-22,27,33H,2-5,8-9,11,13-14,18H2,1H3,(H,34,35)/t21-,22-,27-/m1/s1. The lowest BCUT2D eigenvalue weighted by Crippen LogP contribution is -2.41. The number of ether oxygens (including phenoxy) is 1. The number of rotatable bonds is 12. The molecule has 1 aliphatic rings. The first-order valence-electron chi connectivity index (χ1n) is 12.8. The van der Waals surface area contributed by atoms with Crippen molar-refractivity contribution in [1.82, 2.24) is 19.9 Å². The quantitative estimate of drug-likeness (QED) is 0.386. The van der Waals surface area contributed by atoms with Gasteiger partial charge in [-0.05, 0) is 98.8 Å². The van der Waals surface area contributed by atoms with Crippen LogP contribution in [0.15, 0.2) is 49.2 Å². The summed E-state index contributed by atoms with van der Waals surface area (Å²) in [6.45, 7) is 2.90. The molecule has 1 aromatic carbocycles. The van der Waals surface area contributed by atoms with Gasteiger partial charge in [0, 0.05) is 36.9 Å². The molecule has 36 heavy (non-hydrogen) atoms. The van der Waals surface area contributed by atoms with Crippen molar-refractivity contribution in [2.45, 2.75) is 51.0 Å². The minimum atomic E-state index is -0.743. The second-order valence-corrected chi connectivity index (χ2v) is 9.77. The van der Waals surface area contributed by atoms with Gasteiger partial charge in [0.2, 0.25) is 0 Å². The van der Waals surface area contributed by atoms with Gasteiger partial charge >= 0.3 is 5.97 Å². The van der Waals surface area contributed by atoms with Gasteiger partial charge in [0.1, 0.15) is 12.1 Å². The highest BCUT2D eigenvalue weighted by atomic mass is 16.5. The van der Waals surface area contributed by atoms with Gasteiger partial charge in [-0.25, -0.2) is 9.97 Å². The molecular formula is C28H36N4O4. The van der Waals surface area contributed by atoms with Gasteiger partial charge in [0.25, 0.3) is 0 Å². The van der Waals surface area contributed by atoms with Gasteiger partial charge < -0.3 is 19.8 Å². The molecule has 4 rings (SSSR count). The molecule has 0 aliphatic carbocycles. The molecule has 0 spiro atoms. The summed E-state index contributed by atoms with van der Waals surface area (Å²) in [6.07, 6.45) is 11.8. The summed E-state index contributed by atoms with van der Waals surface area (Å²) in [5.74, 6) is 0.717. The summed E-state index contributed by atoms with van der Waals surface area (Å²) in [7, 11) is 1.63. The first-order chi connectivity index (χ1) is 17.5. The van der Waals surface area contributed by atoms with Crippen molar-refractivity contribution in [3.05, 3.63) is 60.3 Å². The van der Waals surface area contributed by atoms with Crippen LogP contribution in [0.25, 0.3) is 10.9 Å². The molecule has 1 aliphatic heterocycles. The molecule has 0 bridgehead atoms. The number of aliphatic hydroxyl groups excluding tert-OH is 1. The van der Waals surface area contributed by atoms with Crippen molar-refractivity contribution in [3.8, 4) is 5.75 Å². The Balaban J connectivity index is 1.35. The highest BCUT2D eigenvalue weighted by Gasteiger charge is 2.30. The number of carbonyl (C=O) groups is 1. The fraction of sp³-hybridized carbons (Fsp3) is 0.500. The zero-order valence-electron chi connectivity index (χ0n) is 20.9. The number of aromatic nitrogens is 3. The van der Waals surface area contributed by atoms with Gasteiger partial charge in [0.05, 0.1) is 18.7 Å². The molecule has 8 heteroatoms. The lowest BCUT2D eigenvalue weighted by Gasteiger charge is -2.39. The number of nitrogens with zero attached hydrogens (tertiary/aromatic N) is 4. The number of carboxylic acid groups (broad SMARTS) is 1. The fourth-order valence-corrected chi connectivity index (χ4v) is 5.43. The molecule has 1 fully saturated rings. The van der Waals surface area contributed by atoms with Crippen LogP contribution in [0, 0.1) is 11.8 Å². The smallest absolute Gasteiger partial charge is 0.303 e. The molecule has 8 nitrogen and oxygen atoms in total. The summed E-state index contributed by atoms with van der Waals surface area (Å²) >= 11 is 0. The number of hydrogen-bond donors (Lipinski definition) is 2. The monoisotopic (exact) mass is 492 g/mol. The maximum atomic E-state index is 11.3. The molecule has 3 atom stereocenters. The molecule has 0 radical (unpaired) electrons. The predicted molar refractivity (Wildman–Crippen MR) is 138 cm³/mol. The van der Waals surface area contributed by atoms with Crippen LogP contribution < -0.4 is 4.74 Å². The zero-order valence-corrected chi connectivity index (χ0v) is 20.9. The topological polar surface area (TPSA) is 109 Å². The van der Waals surface area contributed by atoms with E-state index < -0.39 is 12.1 Å². The molecule has 1 saturated heterocycles. The second kappa shape index (κ2) is 12.7. The highest BCUT2D eigenvalue weighted by Crippen LogP contribution is 2.35. The van der Waals surface area contributed by atoms with Crippen molar-refractivity contribution >= 4 is 16.9 Å². The Morgan fingerprint density at radius 2 is 2.03 bits per heavy atom. The molecule has 0 saturated carbocycles.